The molecule has 4 rings (SSSR count). The molecular weight excluding hydrogens is 368 g/mol. The van der Waals surface area contributed by atoms with Crippen LogP contribution in [0, 0.1) is 6.92 Å². The van der Waals surface area contributed by atoms with Gasteiger partial charge in [0.15, 0.2) is 0 Å². The zero-order chi connectivity index (χ0) is 16.7. The summed E-state index contributed by atoms with van der Waals surface area (Å²) in [5, 5.41) is 7.91. The SMILES string of the molecule is Cc1c(C(=O)N2C3CCNCC2CC3)cnn1-c1ccc(Br)cc1. The van der Waals surface area contributed by atoms with Crippen molar-refractivity contribution >= 4 is 21.8 Å². The van der Waals surface area contributed by atoms with Crippen LogP contribution in [0.2, 0.25) is 0 Å². The third kappa shape index (κ3) is 2.67. The molecule has 5 nitrogen and oxygen atoms in total. The van der Waals surface area contributed by atoms with E-state index in [4.69, 9.17) is 0 Å². The Kier molecular flexibility index (Phi) is 4.18. The molecule has 0 spiro atoms. The van der Waals surface area contributed by atoms with Gasteiger partial charge in [0, 0.05) is 23.1 Å². The number of benzene rings is 1. The van der Waals surface area contributed by atoms with E-state index in [1.807, 2.05) is 35.9 Å². The van der Waals surface area contributed by atoms with Gasteiger partial charge in [0.25, 0.3) is 5.91 Å². The monoisotopic (exact) mass is 388 g/mol. The Morgan fingerprint density at radius 2 is 1.96 bits per heavy atom. The van der Waals surface area contributed by atoms with E-state index in [1.54, 1.807) is 6.20 Å². The Morgan fingerprint density at radius 1 is 1.21 bits per heavy atom. The molecule has 1 aromatic carbocycles. The van der Waals surface area contributed by atoms with Crippen LogP contribution in [0.5, 0.6) is 0 Å². The van der Waals surface area contributed by atoms with E-state index >= 15 is 0 Å². The summed E-state index contributed by atoms with van der Waals surface area (Å²) in [6, 6.07) is 8.65. The number of rotatable bonds is 2. The van der Waals surface area contributed by atoms with Crippen molar-refractivity contribution in [3.63, 3.8) is 0 Å². The molecule has 2 atom stereocenters. The van der Waals surface area contributed by atoms with Gasteiger partial charge in [-0.05, 0) is 57.0 Å². The quantitative estimate of drug-likeness (QED) is 0.860. The van der Waals surface area contributed by atoms with Gasteiger partial charge in [-0.15, -0.1) is 0 Å². The number of nitrogens with zero attached hydrogens (tertiary/aromatic N) is 3. The standard InChI is InChI=1S/C18H21BrN4O/c1-12-17(11-21-23(12)15-4-2-13(19)3-5-15)18(24)22-14-6-7-16(22)10-20-9-8-14/h2-5,11,14,16,20H,6-10H2,1H3. The lowest BCUT2D eigenvalue weighted by atomic mass is 10.1. The highest BCUT2D eigenvalue weighted by Gasteiger charge is 2.39. The summed E-state index contributed by atoms with van der Waals surface area (Å²) < 4.78 is 2.87. The molecule has 1 N–H and O–H groups in total. The minimum atomic E-state index is 0.132. The molecule has 2 aromatic rings. The Labute approximate surface area is 150 Å². The smallest absolute Gasteiger partial charge is 0.257 e. The summed E-state index contributed by atoms with van der Waals surface area (Å²) in [5.41, 5.74) is 2.59. The summed E-state index contributed by atoms with van der Waals surface area (Å²) >= 11 is 3.45. The Balaban J connectivity index is 1.65. The third-order valence-electron chi connectivity index (χ3n) is 5.20. The molecule has 126 valence electrons. The molecule has 2 aliphatic rings. The lowest BCUT2D eigenvalue weighted by Crippen LogP contribution is -2.42. The van der Waals surface area contributed by atoms with Gasteiger partial charge in [0.05, 0.1) is 23.1 Å². The molecule has 24 heavy (non-hydrogen) atoms. The summed E-state index contributed by atoms with van der Waals surface area (Å²) in [7, 11) is 0. The Hall–Kier alpha value is -1.66. The zero-order valence-electron chi connectivity index (χ0n) is 13.7. The number of fused-ring (bicyclic) bond motifs is 2. The fraction of sp³-hybridized carbons (Fsp3) is 0.444. The van der Waals surface area contributed by atoms with Crippen molar-refractivity contribution in [1.82, 2.24) is 20.0 Å². The van der Waals surface area contributed by atoms with Crippen LogP contribution >= 0.6 is 15.9 Å². The van der Waals surface area contributed by atoms with E-state index in [0.29, 0.717) is 12.1 Å². The van der Waals surface area contributed by atoms with Gasteiger partial charge in [-0.2, -0.15) is 5.10 Å². The highest BCUT2D eigenvalue weighted by molar-refractivity contribution is 9.10. The lowest BCUT2D eigenvalue weighted by Gasteiger charge is -2.27. The number of hydrogen-bond acceptors (Lipinski definition) is 3. The predicted octanol–water partition coefficient (Wildman–Crippen LogP) is 2.91. The van der Waals surface area contributed by atoms with Gasteiger partial charge in [-0.3, -0.25) is 4.79 Å². The van der Waals surface area contributed by atoms with E-state index in [2.05, 4.69) is 31.2 Å². The van der Waals surface area contributed by atoms with E-state index in [-0.39, 0.29) is 5.91 Å². The highest BCUT2D eigenvalue weighted by atomic mass is 79.9. The maximum Gasteiger partial charge on any atom is 0.257 e. The van der Waals surface area contributed by atoms with Crippen LogP contribution in [0.3, 0.4) is 0 Å². The predicted molar refractivity (Wildman–Crippen MR) is 96.5 cm³/mol. The van der Waals surface area contributed by atoms with Gasteiger partial charge in [-0.25, -0.2) is 4.68 Å². The van der Waals surface area contributed by atoms with Crippen molar-refractivity contribution in [3.05, 3.63) is 46.2 Å². The van der Waals surface area contributed by atoms with Crippen LogP contribution in [0.15, 0.2) is 34.9 Å². The second kappa shape index (κ2) is 6.33. The van der Waals surface area contributed by atoms with Gasteiger partial charge in [0.2, 0.25) is 0 Å². The molecule has 2 bridgehead atoms. The van der Waals surface area contributed by atoms with Crippen molar-refractivity contribution in [3.8, 4) is 5.69 Å². The molecule has 0 radical (unpaired) electrons. The van der Waals surface area contributed by atoms with E-state index in [0.717, 1.165) is 53.8 Å². The topological polar surface area (TPSA) is 50.2 Å². The Morgan fingerprint density at radius 3 is 2.75 bits per heavy atom. The molecule has 2 aliphatic heterocycles. The second-order valence-corrected chi connectivity index (χ2v) is 7.54. The van der Waals surface area contributed by atoms with Crippen LogP contribution in [0.1, 0.15) is 35.3 Å². The maximum absolute atomic E-state index is 13.2. The lowest BCUT2D eigenvalue weighted by molar-refractivity contribution is 0.0679. The van der Waals surface area contributed by atoms with Crippen molar-refractivity contribution < 1.29 is 4.79 Å². The second-order valence-electron chi connectivity index (χ2n) is 6.62. The van der Waals surface area contributed by atoms with Crippen LogP contribution < -0.4 is 5.32 Å². The van der Waals surface area contributed by atoms with E-state index < -0.39 is 0 Å². The summed E-state index contributed by atoms with van der Waals surface area (Å²) in [6.45, 7) is 3.88. The normalized spacial score (nSPS) is 23.3. The Bertz CT molecular complexity index is 741. The zero-order valence-corrected chi connectivity index (χ0v) is 15.3. The van der Waals surface area contributed by atoms with Gasteiger partial charge < -0.3 is 10.2 Å². The molecule has 1 amide bonds. The van der Waals surface area contributed by atoms with Crippen LogP contribution in [-0.4, -0.2) is 45.8 Å². The average Bonchev–Trinajstić information content (AvgIpc) is 3.06. The molecule has 2 saturated heterocycles. The maximum atomic E-state index is 13.2. The number of nitrogens with one attached hydrogen (secondary N) is 1. The minimum Gasteiger partial charge on any atom is -0.331 e. The van der Waals surface area contributed by atoms with Crippen molar-refractivity contribution in [2.45, 2.75) is 38.3 Å². The minimum absolute atomic E-state index is 0.132. The van der Waals surface area contributed by atoms with Gasteiger partial charge in [0.1, 0.15) is 0 Å². The summed E-state index contributed by atoms with van der Waals surface area (Å²) in [6.07, 6.45) is 4.99. The van der Waals surface area contributed by atoms with Gasteiger partial charge >= 0.3 is 0 Å². The number of amides is 1. The fourth-order valence-electron chi connectivity index (χ4n) is 3.92. The van der Waals surface area contributed by atoms with E-state index in [9.17, 15) is 4.79 Å². The highest BCUT2D eigenvalue weighted by Crippen LogP contribution is 2.30. The summed E-state index contributed by atoms with van der Waals surface area (Å²) in [4.78, 5) is 15.3. The molecule has 1 aromatic heterocycles. The third-order valence-corrected chi connectivity index (χ3v) is 5.73. The van der Waals surface area contributed by atoms with Gasteiger partial charge in [-0.1, -0.05) is 15.9 Å². The first-order valence-electron chi connectivity index (χ1n) is 8.49. The van der Waals surface area contributed by atoms with Crippen LogP contribution in [0.25, 0.3) is 5.69 Å². The molecule has 6 heteroatoms. The van der Waals surface area contributed by atoms with Crippen LogP contribution in [0.4, 0.5) is 0 Å². The number of hydrogen-bond donors (Lipinski definition) is 1. The summed E-state index contributed by atoms with van der Waals surface area (Å²) in [5.74, 6) is 0.132. The molecule has 2 unspecified atom stereocenters. The fourth-order valence-corrected chi connectivity index (χ4v) is 4.18. The number of carbonyl (C=O) groups is 1. The van der Waals surface area contributed by atoms with E-state index in [1.165, 1.54) is 0 Å². The number of aromatic nitrogens is 2. The number of carbonyl (C=O) groups excluding carboxylic acids is 1. The molecule has 2 fully saturated rings. The number of halogens is 1. The molecule has 3 heterocycles. The van der Waals surface area contributed by atoms with Crippen molar-refractivity contribution in [1.29, 1.82) is 0 Å². The first-order valence-corrected chi connectivity index (χ1v) is 9.28. The molecule has 0 saturated carbocycles. The van der Waals surface area contributed by atoms with Crippen LogP contribution in [-0.2, 0) is 0 Å². The average molecular weight is 389 g/mol. The first kappa shape index (κ1) is 15.8. The van der Waals surface area contributed by atoms with Crippen molar-refractivity contribution in [2.24, 2.45) is 0 Å². The molecular formula is C18H21BrN4O. The van der Waals surface area contributed by atoms with Crippen molar-refractivity contribution in [2.75, 3.05) is 13.1 Å². The first-order chi connectivity index (χ1) is 11.6. The molecule has 0 aliphatic carbocycles. The largest absolute Gasteiger partial charge is 0.331 e.